The molecule has 0 aromatic heterocycles. The summed E-state index contributed by atoms with van der Waals surface area (Å²) in [5, 5.41) is 44.2. The molecule has 0 spiro atoms. The third-order valence-electron chi connectivity index (χ3n) is 0. The molecular formula is H18N3NdO18. The van der Waals surface area contributed by atoms with E-state index in [9.17, 15) is 0 Å². The van der Waals surface area contributed by atoms with Gasteiger partial charge < -0.3 is 95.3 Å². The fourth-order valence-corrected chi connectivity index (χ4v) is 0. The molecule has 22 heteroatoms. The molecule has 0 heterocycles. The number of rotatable bonds is 0. The molecule has 0 bridgehead atoms. The van der Waals surface area contributed by atoms with Crippen molar-refractivity contribution < 1.29 is 105 Å². The predicted octanol–water partition coefficient (Wildman–Crippen LogP) is -8.14. The van der Waals surface area contributed by atoms with E-state index in [1.54, 1.807) is 0 Å². The van der Waals surface area contributed by atoms with Crippen LogP contribution in [0.4, 0.5) is 0 Å². The van der Waals surface area contributed by atoms with Crippen LogP contribution in [0.25, 0.3) is 0 Å². The summed E-state index contributed by atoms with van der Waals surface area (Å²) in [6.07, 6.45) is 0. The second-order valence-corrected chi connectivity index (χ2v) is 0.671. The van der Waals surface area contributed by atoms with Crippen LogP contribution in [0, 0.1) is 86.8 Å². The van der Waals surface area contributed by atoms with E-state index in [2.05, 4.69) is 0 Å². The van der Waals surface area contributed by atoms with E-state index in [0.717, 1.165) is 0 Å². The zero-order valence-corrected chi connectivity index (χ0v) is 13.2. The molecule has 1 radical (unpaired) electrons. The van der Waals surface area contributed by atoms with Crippen LogP contribution >= 0.6 is 0 Å². The van der Waals surface area contributed by atoms with Gasteiger partial charge in [0, 0.05) is 0 Å². The Bertz CT molecular complexity index is 116. The van der Waals surface area contributed by atoms with E-state index in [1.807, 2.05) is 0 Å². The molecule has 0 atom stereocenters. The van der Waals surface area contributed by atoms with Crippen molar-refractivity contribution in [2.75, 3.05) is 0 Å². The summed E-state index contributed by atoms with van der Waals surface area (Å²) >= 11 is 0. The maximum atomic E-state index is 8.25. The molecule has 0 aliphatic carbocycles. The van der Waals surface area contributed by atoms with Gasteiger partial charge >= 0.3 is 40.8 Å². The van der Waals surface area contributed by atoms with Crippen molar-refractivity contribution in [2.24, 2.45) is 0 Å². The summed E-state index contributed by atoms with van der Waals surface area (Å²) in [5.74, 6) is 0. The van der Waals surface area contributed by atoms with Crippen molar-refractivity contribution in [3.8, 4) is 0 Å². The van der Waals surface area contributed by atoms with Crippen molar-refractivity contribution >= 4 is 0 Å². The van der Waals surface area contributed by atoms with Crippen LogP contribution in [0.3, 0.4) is 0 Å². The summed E-state index contributed by atoms with van der Waals surface area (Å²) in [6, 6.07) is 0. The van der Waals surface area contributed by atoms with E-state index < -0.39 is 15.3 Å². The maximum Gasteiger partial charge on any atom is 3.00 e. The van der Waals surface area contributed by atoms with Crippen LogP contribution in [0.1, 0.15) is 0 Å². The van der Waals surface area contributed by atoms with E-state index in [1.165, 1.54) is 0 Å². The van der Waals surface area contributed by atoms with Gasteiger partial charge in [-0.25, -0.2) is 0 Å². The standard InChI is InChI=1S/3NO3.Nd.9H2O/c3*2-1(3)4;;;;;;;;;;/h;;;;9*1H2/q3*-1;+3;;;;;;;;;. The topological polar surface area (TPSA) is 482 Å². The van der Waals surface area contributed by atoms with Gasteiger partial charge in [-0.05, 0) is 0 Å². The summed E-state index contributed by atoms with van der Waals surface area (Å²) in [6.45, 7) is 0. The Morgan fingerprint density at radius 2 is 0.364 bits per heavy atom. The second kappa shape index (κ2) is 118. The fourth-order valence-electron chi connectivity index (χ4n) is 0. The van der Waals surface area contributed by atoms with Crippen LogP contribution in [0.2, 0.25) is 0 Å². The normalized spacial score (nSPS) is 3.27. The minimum atomic E-state index is -1.75. The van der Waals surface area contributed by atoms with Gasteiger partial charge in [-0.15, -0.1) is 0 Å². The van der Waals surface area contributed by atoms with Gasteiger partial charge in [0.2, 0.25) is 0 Å². The molecule has 0 saturated heterocycles. The van der Waals surface area contributed by atoms with Crippen molar-refractivity contribution in [3.63, 3.8) is 0 Å². The van der Waals surface area contributed by atoms with Gasteiger partial charge in [0.05, 0.1) is 15.3 Å². The zero-order chi connectivity index (χ0) is 10.7. The van der Waals surface area contributed by atoms with Gasteiger partial charge in [0.1, 0.15) is 0 Å². The minimum absolute atomic E-state index is 0. The molecule has 0 aromatic carbocycles. The second-order valence-electron chi connectivity index (χ2n) is 0.671. The average Bonchev–Trinajstić information content (AvgIpc) is 1.54. The van der Waals surface area contributed by atoms with Crippen molar-refractivity contribution in [3.05, 3.63) is 46.0 Å². The maximum absolute atomic E-state index is 8.25. The van der Waals surface area contributed by atoms with Gasteiger partial charge in [-0.1, -0.05) is 0 Å². The molecule has 0 rings (SSSR count). The number of nitrogens with zero attached hydrogens (tertiary/aromatic N) is 3. The Labute approximate surface area is 151 Å². The van der Waals surface area contributed by atoms with E-state index in [0.29, 0.717) is 0 Å². The first-order chi connectivity index (χ1) is 5.20. The van der Waals surface area contributed by atoms with Crippen LogP contribution in [-0.2, 0) is 0 Å². The molecule has 0 amide bonds. The first-order valence-corrected chi connectivity index (χ1v) is 1.64. The van der Waals surface area contributed by atoms with Gasteiger partial charge in [0.25, 0.3) is 0 Å². The van der Waals surface area contributed by atoms with E-state index in [4.69, 9.17) is 46.0 Å². The third-order valence-corrected chi connectivity index (χ3v) is 0. The fraction of sp³-hybridized carbons (Fsp3) is 0. The van der Waals surface area contributed by atoms with Crippen molar-refractivity contribution in [1.29, 1.82) is 0 Å². The number of hydrogen-bond acceptors (Lipinski definition) is 9. The molecule has 22 heavy (non-hydrogen) atoms. The molecule has 21 nitrogen and oxygen atoms in total. The van der Waals surface area contributed by atoms with Crippen LogP contribution < -0.4 is 0 Å². The quantitative estimate of drug-likeness (QED) is 0.228. The largest absolute Gasteiger partial charge is 3.00 e. The Morgan fingerprint density at radius 1 is 0.364 bits per heavy atom. The Morgan fingerprint density at radius 3 is 0.364 bits per heavy atom. The van der Waals surface area contributed by atoms with Crippen molar-refractivity contribution in [1.82, 2.24) is 0 Å². The summed E-state index contributed by atoms with van der Waals surface area (Å²) < 4.78 is 0. The average molecular weight is 492 g/mol. The predicted molar refractivity (Wildman–Crippen MR) is 63.6 cm³/mol. The molecule has 0 aliphatic rings. The van der Waals surface area contributed by atoms with Crippen molar-refractivity contribution in [2.45, 2.75) is 0 Å². The van der Waals surface area contributed by atoms with Crippen LogP contribution in [-0.4, -0.2) is 64.5 Å². The van der Waals surface area contributed by atoms with E-state index in [-0.39, 0.29) is 90.1 Å². The number of hydrogen-bond donors (Lipinski definition) is 0. The SMILES string of the molecule is O.O.O.O.O.O.O.O.O.O=[N+]([O-])[O-].O=[N+]([O-])[O-].O=[N+]([O-])[O-].[Nd+3]. The zero-order valence-electron chi connectivity index (χ0n) is 10.0. The Hall–Kier alpha value is -1.41. The Balaban J connectivity index is -0.00000000409. The first-order valence-electron chi connectivity index (χ1n) is 1.64. The van der Waals surface area contributed by atoms with E-state index >= 15 is 0 Å². The molecule has 145 valence electrons. The van der Waals surface area contributed by atoms with Crippen LogP contribution in [0.15, 0.2) is 0 Å². The van der Waals surface area contributed by atoms with Gasteiger partial charge in [-0.2, -0.15) is 0 Å². The molecule has 0 saturated carbocycles. The summed E-state index contributed by atoms with van der Waals surface area (Å²) in [4.78, 5) is 24.8. The monoisotopic (exact) mass is 490 g/mol. The Kier molecular flexibility index (Phi) is 733. The van der Waals surface area contributed by atoms with Gasteiger partial charge in [0.15, 0.2) is 0 Å². The smallest absolute Gasteiger partial charge is 0.412 e. The van der Waals surface area contributed by atoms with Crippen LogP contribution in [0.5, 0.6) is 0 Å². The summed E-state index contributed by atoms with van der Waals surface area (Å²) in [5.41, 5.74) is 0. The molecule has 18 N–H and O–H groups in total. The molecular weight excluding hydrogens is 474 g/mol. The van der Waals surface area contributed by atoms with Gasteiger partial charge in [-0.3, -0.25) is 0 Å². The molecule has 0 aromatic rings. The first kappa shape index (κ1) is 137. The molecule has 0 fully saturated rings. The third kappa shape index (κ3) is 2900. The molecule has 0 aliphatic heterocycles. The summed E-state index contributed by atoms with van der Waals surface area (Å²) in [7, 11) is 0. The molecule has 0 unspecified atom stereocenters. The minimum Gasteiger partial charge on any atom is -0.412 e.